The molecule has 1 aromatic heterocycles. The van der Waals surface area contributed by atoms with Crippen LogP contribution in [0.5, 0.6) is 5.75 Å². The number of likely N-dealkylation sites (N-methyl/N-ethyl adjacent to an activating group) is 1. The number of nitrogens with zero attached hydrogens (tertiary/aromatic N) is 3. The molecule has 3 aromatic rings. The average Bonchev–Trinajstić information content (AvgIpc) is 3.29. The predicted molar refractivity (Wildman–Crippen MR) is 147 cm³/mol. The molecule has 0 radical (unpaired) electrons. The van der Waals surface area contributed by atoms with Gasteiger partial charge in [-0.1, -0.05) is 25.2 Å². The van der Waals surface area contributed by atoms with Gasteiger partial charge in [-0.3, -0.25) is 9.69 Å². The predicted octanol–water partition coefficient (Wildman–Crippen LogP) is 3.64. The summed E-state index contributed by atoms with van der Waals surface area (Å²) >= 11 is 1.25. The number of hydrogen-bond acceptors (Lipinski definition) is 9. The number of sulfone groups is 2. The fraction of sp³-hybridized carbons (Fsp3) is 0.440. The number of carbonyl (C=O) groups excluding carboxylic acids is 1. The fourth-order valence-corrected chi connectivity index (χ4v) is 6.88. The van der Waals surface area contributed by atoms with Gasteiger partial charge >= 0.3 is 0 Å². The molecule has 0 bridgehead atoms. The van der Waals surface area contributed by atoms with Crippen LogP contribution in [-0.4, -0.2) is 77.9 Å². The maximum atomic E-state index is 13.3. The van der Waals surface area contributed by atoms with Gasteiger partial charge in [-0.25, -0.2) is 21.8 Å². The van der Waals surface area contributed by atoms with Gasteiger partial charge in [0.05, 0.1) is 32.9 Å². The van der Waals surface area contributed by atoms with Crippen LogP contribution in [0.1, 0.15) is 26.7 Å². The highest BCUT2D eigenvalue weighted by atomic mass is 32.2. The standard InChI is InChI=1S/C25H33N3O6S3/c1-5-27(6-2)15-16-28(25-26-22-14-13-21(36(4,30)31)18-23(22)35-25)24(29)8-7-17-37(32,33)20-11-9-19(34-3)10-12-20/h9-14,18H,5-8,15-17H2,1-4H3. The number of thiazole rings is 1. The van der Waals surface area contributed by atoms with Crippen molar-refractivity contribution in [2.45, 2.75) is 36.5 Å². The number of anilines is 1. The highest BCUT2D eigenvalue weighted by Crippen LogP contribution is 2.31. The van der Waals surface area contributed by atoms with E-state index in [2.05, 4.69) is 9.88 Å². The van der Waals surface area contributed by atoms with E-state index in [4.69, 9.17) is 4.74 Å². The number of fused-ring (bicyclic) bond motifs is 1. The number of ether oxygens (including phenoxy) is 1. The lowest BCUT2D eigenvalue weighted by Crippen LogP contribution is -2.38. The van der Waals surface area contributed by atoms with Crippen LogP contribution in [0.15, 0.2) is 52.3 Å². The van der Waals surface area contributed by atoms with E-state index in [1.54, 1.807) is 29.2 Å². The molecular weight excluding hydrogens is 534 g/mol. The minimum atomic E-state index is -3.55. The second-order valence-corrected chi connectivity index (χ2v) is 13.7. The highest BCUT2D eigenvalue weighted by molar-refractivity contribution is 7.91. The largest absolute Gasteiger partial charge is 0.497 e. The van der Waals surface area contributed by atoms with Crippen molar-refractivity contribution in [1.29, 1.82) is 0 Å². The molecule has 0 N–H and O–H groups in total. The summed E-state index contributed by atoms with van der Waals surface area (Å²) in [6, 6.07) is 10.9. The van der Waals surface area contributed by atoms with Crippen LogP contribution in [0.3, 0.4) is 0 Å². The number of carbonyl (C=O) groups is 1. The Kier molecular flexibility index (Phi) is 9.68. The van der Waals surface area contributed by atoms with Gasteiger partial charge in [0.25, 0.3) is 0 Å². The zero-order valence-electron chi connectivity index (χ0n) is 21.5. The van der Waals surface area contributed by atoms with E-state index in [-0.39, 0.29) is 34.3 Å². The molecular formula is C25H33N3O6S3. The van der Waals surface area contributed by atoms with E-state index >= 15 is 0 Å². The van der Waals surface area contributed by atoms with E-state index < -0.39 is 19.7 Å². The Morgan fingerprint density at radius 1 is 0.973 bits per heavy atom. The summed E-state index contributed by atoms with van der Waals surface area (Å²) in [5.41, 5.74) is 0.607. The van der Waals surface area contributed by atoms with Gasteiger partial charge in [-0.2, -0.15) is 0 Å². The summed E-state index contributed by atoms with van der Waals surface area (Å²) in [6.45, 7) is 6.78. The van der Waals surface area contributed by atoms with Crippen LogP contribution in [0, 0.1) is 0 Å². The third-order valence-electron chi connectivity index (χ3n) is 6.07. The first-order valence-corrected chi connectivity index (χ1v) is 16.3. The van der Waals surface area contributed by atoms with Crippen LogP contribution in [0.2, 0.25) is 0 Å². The second-order valence-electron chi connectivity index (χ2n) is 8.57. The van der Waals surface area contributed by atoms with Gasteiger partial charge in [0.1, 0.15) is 5.75 Å². The van der Waals surface area contributed by atoms with Gasteiger partial charge in [-0.05, 0) is 62.0 Å². The number of amides is 1. The lowest BCUT2D eigenvalue weighted by molar-refractivity contribution is -0.118. The van der Waals surface area contributed by atoms with E-state index in [1.165, 1.54) is 36.6 Å². The van der Waals surface area contributed by atoms with Crippen molar-refractivity contribution in [3.8, 4) is 5.75 Å². The Bertz CT molecular complexity index is 1430. The molecule has 0 saturated carbocycles. The van der Waals surface area contributed by atoms with Gasteiger partial charge in [0.15, 0.2) is 24.8 Å². The van der Waals surface area contributed by atoms with Crippen molar-refractivity contribution < 1.29 is 26.4 Å². The van der Waals surface area contributed by atoms with Crippen LogP contribution in [0.4, 0.5) is 5.13 Å². The first-order valence-electron chi connectivity index (χ1n) is 12.0. The lowest BCUT2D eigenvalue weighted by Gasteiger charge is -2.24. The molecule has 3 rings (SSSR count). The zero-order valence-corrected chi connectivity index (χ0v) is 24.0. The Morgan fingerprint density at radius 2 is 1.62 bits per heavy atom. The average molecular weight is 568 g/mol. The van der Waals surface area contributed by atoms with E-state index in [9.17, 15) is 21.6 Å². The summed E-state index contributed by atoms with van der Waals surface area (Å²) in [5, 5.41) is 0.468. The Balaban J connectivity index is 1.78. The molecule has 1 heterocycles. The third kappa shape index (κ3) is 7.50. The number of benzene rings is 2. The fourth-order valence-electron chi connectivity index (χ4n) is 3.80. The minimum absolute atomic E-state index is 0.0398. The normalized spacial score (nSPS) is 12.2. The van der Waals surface area contributed by atoms with Crippen molar-refractivity contribution in [3.05, 3.63) is 42.5 Å². The van der Waals surface area contributed by atoms with Crippen molar-refractivity contribution in [1.82, 2.24) is 9.88 Å². The van der Waals surface area contributed by atoms with Crippen LogP contribution < -0.4 is 9.64 Å². The Hall–Kier alpha value is -2.54. The number of rotatable bonds is 13. The highest BCUT2D eigenvalue weighted by Gasteiger charge is 2.22. The van der Waals surface area contributed by atoms with Crippen molar-refractivity contribution in [2.75, 3.05) is 50.2 Å². The van der Waals surface area contributed by atoms with Crippen LogP contribution in [-0.2, 0) is 24.5 Å². The molecule has 0 aliphatic carbocycles. The van der Waals surface area contributed by atoms with Crippen LogP contribution >= 0.6 is 11.3 Å². The number of methoxy groups -OCH3 is 1. The van der Waals surface area contributed by atoms with Gasteiger partial charge in [-0.15, -0.1) is 0 Å². The monoisotopic (exact) mass is 567 g/mol. The molecule has 202 valence electrons. The Labute approximate surface area is 222 Å². The van der Waals surface area contributed by atoms with Crippen molar-refractivity contribution in [3.63, 3.8) is 0 Å². The summed E-state index contributed by atoms with van der Waals surface area (Å²) < 4.78 is 55.2. The summed E-state index contributed by atoms with van der Waals surface area (Å²) in [5.74, 6) is 0.184. The second kappa shape index (κ2) is 12.3. The summed E-state index contributed by atoms with van der Waals surface area (Å²) in [6.07, 6.45) is 1.35. The van der Waals surface area contributed by atoms with Crippen LogP contribution in [0.25, 0.3) is 10.2 Å². The topological polar surface area (TPSA) is 114 Å². The SMILES string of the molecule is CCN(CC)CCN(C(=O)CCCS(=O)(=O)c1ccc(OC)cc1)c1nc2ccc(S(C)(=O)=O)cc2s1. The zero-order chi connectivity index (χ0) is 27.2. The van der Waals surface area contributed by atoms with Crippen molar-refractivity contribution >= 4 is 52.3 Å². The lowest BCUT2D eigenvalue weighted by atomic mass is 10.3. The van der Waals surface area contributed by atoms with Gasteiger partial charge < -0.3 is 9.64 Å². The van der Waals surface area contributed by atoms with E-state index in [0.717, 1.165) is 19.3 Å². The molecule has 0 saturated heterocycles. The molecule has 0 atom stereocenters. The van der Waals surface area contributed by atoms with E-state index in [1.807, 2.05) is 13.8 Å². The molecule has 1 amide bonds. The van der Waals surface area contributed by atoms with E-state index in [0.29, 0.717) is 34.2 Å². The maximum absolute atomic E-state index is 13.3. The van der Waals surface area contributed by atoms with Crippen molar-refractivity contribution in [2.24, 2.45) is 0 Å². The Morgan fingerprint density at radius 3 is 2.22 bits per heavy atom. The first kappa shape index (κ1) is 29.0. The first-order chi connectivity index (χ1) is 17.5. The summed E-state index contributed by atoms with van der Waals surface area (Å²) in [7, 11) is -5.41. The molecule has 9 nitrogen and oxygen atoms in total. The number of hydrogen-bond donors (Lipinski definition) is 0. The third-order valence-corrected chi connectivity index (χ3v) is 10.0. The molecule has 37 heavy (non-hydrogen) atoms. The van der Waals surface area contributed by atoms with Gasteiger partial charge in [0, 0.05) is 25.8 Å². The molecule has 0 aliphatic heterocycles. The number of aromatic nitrogens is 1. The molecule has 0 unspecified atom stereocenters. The molecule has 0 aliphatic rings. The smallest absolute Gasteiger partial charge is 0.228 e. The van der Waals surface area contributed by atoms with Gasteiger partial charge in [0.2, 0.25) is 5.91 Å². The summed E-state index contributed by atoms with van der Waals surface area (Å²) in [4.78, 5) is 22.0. The molecule has 0 fully saturated rings. The molecule has 12 heteroatoms. The maximum Gasteiger partial charge on any atom is 0.228 e. The molecule has 0 spiro atoms. The minimum Gasteiger partial charge on any atom is -0.497 e. The molecule has 2 aromatic carbocycles. The quantitative estimate of drug-likeness (QED) is 0.308.